The highest BCUT2D eigenvalue weighted by atomic mass is 16.5. The van der Waals surface area contributed by atoms with Crippen LogP contribution in [0.25, 0.3) is 6.08 Å². The number of hydrogen-bond donors (Lipinski definition) is 1. The Hall–Kier alpha value is -4.19. The van der Waals surface area contributed by atoms with Crippen LogP contribution in [0.4, 0.5) is 11.4 Å². The average molecular weight is 411 g/mol. The summed E-state index contributed by atoms with van der Waals surface area (Å²) < 4.78 is 5.41. The number of ether oxygens (including phenoxy) is 1. The number of carbonyl (C=O) groups is 2. The molecule has 31 heavy (non-hydrogen) atoms. The molecule has 1 N–H and O–H groups in total. The third-order valence-electron chi connectivity index (χ3n) is 4.77. The van der Waals surface area contributed by atoms with Crippen LogP contribution in [0.5, 0.6) is 5.75 Å². The Morgan fingerprint density at radius 1 is 0.968 bits per heavy atom. The number of amidine groups is 1. The first-order chi connectivity index (χ1) is 15.1. The number of amides is 2. The summed E-state index contributed by atoms with van der Waals surface area (Å²) in [5.74, 6) is 0.812. The quantitative estimate of drug-likeness (QED) is 0.629. The van der Waals surface area contributed by atoms with Crippen molar-refractivity contribution >= 4 is 35.1 Å². The molecule has 4 rings (SSSR count). The molecule has 0 aliphatic carbocycles. The van der Waals surface area contributed by atoms with Crippen LogP contribution < -0.4 is 15.0 Å². The minimum atomic E-state index is -0.239. The summed E-state index contributed by atoms with van der Waals surface area (Å²) in [5, 5.41) is 2.73. The Balaban J connectivity index is 1.77. The average Bonchev–Trinajstić information content (AvgIpc) is 3.11. The van der Waals surface area contributed by atoms with Gasteiger partial charge in [-0.1, -0.05) is 48.5 Å². The Kier molecular flexibility index (Phi) is 5.62. The molecule has 0 unspecified atom stereocenters. The Morgan fingerprint density at radius 3 is 2.32 bits per heavy atom. The van der Waals surface area contributed by atoms with Gasteiger partial charge in [0.15, 0.2) is 0 Å². The minimum absolute atomic E-state index is 0.154. The zero-order chi connectivity index (χ0) is 21.8. The topological polar surface area (TPSA) is 71.0 Å². The fourth-order valence-electron chi connectivity index (χ4n) is 3.37. The second-order valence-electron chi connectivity index (χ2n) is 6.94. The number of nitrogens with one attached hydrogen (secondary N) is 1. The van der Waals surface area contributed by atoms with Crippen molar-refractivity contribution in [3.05, 3.63) is 95.7 Å². The van der Waals surface area contributed by atoms with E-state index in [1.165, 1.54) is 6.92 Å². The number of anilines is 2. The van der Waals surface area contributed by atoms with Crippen LogP contribution in [-0.2, 0) is 9.59 Å². The highest BCUT2D eigenvalue weighted by molar-refractivity contribution is 6.33. The summed E-state index contributed by atoms with van der Waals surface area (Å²) in [4.78, 5) is 30.9. The molecule has 0 fully saturated rings. The molecule has 3 aromatic carbocycles. The third-order valence-corrected chi connectivity index (χ3v) is 4.77. The number of nitrogens with zero attached hydrogens (tertiary/aromatic N) is 2. The first-order valence-corrected chi connectivity index (χ1v) is 9.78. The van der Waals surface area contributed by atoms with Gasteiger partial charge in [-0.2, -0.15) is 0 Å². The van der Waals surface area contributed by atoms with Crippen LogP contribution in [0, 0.1) is 0 Å². The smallest absolute Gasteiger partial charge is 0.282 e. The van der Waals surface area contributed by atoms with E-state index in [4.69, 9.17) is 4.74 Å². The minimum Gasteiger partial charge on any atom is -0.496 e. The van der Waals surface area contributed by atoms with Gasteiger partial charge in [-0.25, -0.2) is 4.99 Å². The van der Waals surface area contributed by atoms with Crippen molar-refractivity contribution < 1.29 is 14.3 Å². The summed E-state index contributed by atoms with van der Waals surface area (Å²) in [6, 6.07) is 24.1. The molecule has 1 heterocycles. The van der Waals surface area contributed by atoms with Gasteiger partial charge in [-0.15, -0.1) is 0 Å². The van der Waals surface area contributed by atoms with Crippen LogP contribution in [0.1, 0.15) is 18.1 Å². The van der Waals surface area contributed by atoms with Gasteiger partial charge in [-0.3, -0.25) is 14.5 Å². The van der Waals surface area contributed by atoms with Crippen LogP contribution in [0.15, 0.2) is 89.6 Å². The lowest BCUT2D eigenvalue weighted by molar-refractivity contribution is -0.114. The van der Waals surface area contributed by atoms with Gasteiger partial charge in [0.1, 0.15) is 17.3 Å². The molecule has 0 spiro atoms. The summed E-state index contributed by atoms with van der Waals surface area (Å²) in [7, 11) is 1.59. The third kappa shape index (κ3) is 4.23. The number of benzene rings is 3. The van der Waals surface area contributed by atoms with Crippen molar-refractivity contribution in [2.45, 2.75) is 6.92 Å². The van der Waals surface area contributed by atoms with Crippen LogP contribution in [0.2, 0.25) is 0 Å². The van der Waals surface area contributed by atoms with Crippen molar-refractivity contribution in [3.63, 3.8) is 0 Å². The first kappa shape index (κ1) is 20.1. The van der Waals surface area contributed by atoms with Crippen molar-refractivity contribution in [2.24, 2.45) is 4.99 Å². The van der Waals surface area contributed by atoms with Gasteiger partial charge in [-0.05, 0) is 36.4 Å². The highest BCUT2D eigenvalue weighted by Gasteiger charge is 2.32. The molecule has 0 saturated carbocycles. The normalized spacial score (nSPS) is 14.5. The Morgan fingerprint density at radius 2 is 1.65 bits per heavy atom. The van der Waals surface area contributed by atoms with Crippen LogP contribution >= 0.6 is 0 Å². The van der Waals surface area contributed by atoms with Crippen LogP contribution in [0.3, 0.4) is 0 Å². The second kappa shape index (κ2) is 8.67. The number of para-hydroxylation sites is 1. The maximum atomic E-state index is 13.4. The number of aliphatic imine (C=N–C) groups is 1. The zero-order valence-electron chi connectivity index (χ0n) is 17.2. The van der Waals surface area contributed by atoms with E-state index >= 15 is 0 Å². The van der Waals surface area contributed by atoms with Gasteiger partial charge in [0, 0.05) is 23.7 Å². The maximum Gasteiger partial charge on any atom is 0.282 e. The van der Waals surface area contributed by atoms with E-state index in [1.54, 1.807) is 42.4 Å². The summed E-state index contributed by atoms with van der Waals surface area (Å²) >= 11 is 0. The monoisotopic (exact) mass is 411 g/mol. The van der Waals surface area contributed by atoms with Crippen molar-refractivity contribution in [3.8, 4) is 5.75 Å². The van der Waals surface area contributed by atoms with Crippen molar-refractivity contribution in [2.75, 3.05) is 17.3 Å². The molecule has 6 heteroatoms. The number of methoxy groups -OCH3 is 1. The predicted molar refractivity (Wildman–Crippen MR) is 122 cm³/mol. The molecule has 6 nitrogen and oxygen atoms in total. The standard InChI is InChI=1S/C25H21N3O3/c1-17(29)26-20-12-14-21(15-13-20)28-24(18-8-4-3-5-9-18)27-22(25(28)30)16-19-10-6-7-11-23(19)31-2/h3-16H,1-2H3,(H,26,29). The van der Waals surface area contributed by atoms with Gasteiger partial charge < -0.3 is 10.1 Å². The number of hydrogen-bond acceptors (Lipinski definition) is 4. The second-order valence-corrected chi connectivity index (χ2v) is 6.94. The lowest BCUT2D eigenvalue weighted by atomic mass is 10.1. The lowest BCUT2D eigenvalue weighted by Gasteiger charge is -2.19. The SMILES string of the molecule is COc1ccccc1C=C1N=C(c2ccccc2)N(c2ccc(NC(C)=O)cc2)C1=O. The molecular weight excluding hydrogens is 390 g/mol. The fraction of sp³-hybridized carbons (Fsp3) is 0.0800. The van der Waals surface area contributed by atoms with Gasteiger partial charge in [0.25, 0.3) is 5.91 Å². The van der Waals surface area contributed by atoms with E-state index in [2.05, 4.69) is 10.3 Å². The van der Waals surface area contributed by atoms with Gasteiger partial charge >= 0.3 is 0 Å². The molecular formula is C25H21N3O3. The van der Waals surface area contributed by atoms with E-state index in [1.807, 2.05) is 54.6 Å². The van der Waals surface area contributed by atoms with E-state index in [0.717, 1.165) is 11.1 Å². The van der Waals surface area contributed by atoms with E-state index in [-0.39, 0.29) is 11.8 Å². The molecule has 0 bridgehead atoms. The van der Waals surface area contributed by atoms with E-state index in [0.29, 0.717) is 28.7 Å². The molecule has 0 aromatic heterocycles. The van der Waals surface area contributed by atoms with E-state index in [9.17, 15) is 9.59 Å². The van der Waals surface area contributed by atoms with E-state index < -0.39 is 0 Å². The molecule has 0 atom stereocenters. The predicted octanol–water partition coefficient (Wildman–Crippen LogP) is 4.49. The summed E-state index contributed by atoms with van der Waals surface area (Å²) in [6.45, 7) is 1.45. The molecule has 1 aliphatic heterocycles. The summed E-state index contributed by atoms with van der Waals surface area (Å²) in [6.07, 6.45) is 1.73. The first-order valence-electron chi connectivity index (χ1n) is 9.78. The molecule has 0 saturated heterocycles. The lowest BCUT2D eigenvalue weighted by Crippen LogP contribution is -2.32. The molecule has 2 amide bonds. The number of rotatable bonds is 5. The molecule has 0 radical (unpaired) electrons. The van der Waals surface area contributed by atoms with Gasteiger partial charge in [0.05, 0.1) is 12.8 Å². The van der Waals surface area contributed by atoms with Crippen LogP contribution in [-0.4, -0.2) is 24.8 Å². The maximum absolute atomic E-state index is 13.4. The molecule has 154 valence electrons. The Labute approximate surface area is 180 Å². The summed E-state index contributed by atoms with van der Waals surface area (Å²) in [5.41, 5.74) is 3.22. The highest BCUT2D eigenvalue weighted by Crippen LogP contribution is 2.30. The largest absolute Gasteiger partial charge is 0.496 e. The molecule has 3 aromatic rings. The molecule has 1 aliphatic rings. The van der Waals surface area contributed by atoms with Crippen molar-refractivity contribution in [1.82, 2.24) is 0 Å². The fourth-order valence-corrected chi connectivity index (χ4v) is 3.37. The van der Waals surface area contributed by atoms with Gasteiger partial charge in [0.2, 0.25) is 5.91 Å². The van der Waals surface area contributed by atoms with Crippen molar-refractivity contribution in [1.29, 1.82) is 0 Å². The number of carbonyl (C=O) groups excluding carboxylic acids is 2. The Bertz CT molecular complexity index is 1180. The zero-order valence-corrected chi connectivity index (χ0v) is 17.2.